The van der Waals surface area contributed by atoms with Gasteiger partial charge in [-0.25, -0.2) is 0 Å². The van der Waals surface area contributed by atoms with Crippen LogP contribution in [-0.2, 0) is 11.2 Å². The molecule has 1 aliphatic rings. The van der Waals surface area contributed by atoms with E-state index in [0.29, 0.717) is 0 Å². The van der Waals surface area contributed by atoms with E-state index in [0.717, 1.165) is 57.3 Å². The molecule has 7 heteroatoms. The molecule has 0 unspecified atom stereocenters. The van der Waals surface area contributed by atoms with Gasteiger partial charge in [-0.3, -0.25) is 4.99 Å². The van der Waals surface area contributed by atoms with Crippen LogP contribution in [0.25, 0.3) is 0 Å². The summed E-state index contributed by atoms with van der Waals surface area (Å²) in [5, 5.41) is 6.90. The fraction of sp³-hybridized carbons (Fsp3) is 0.632. The second-order valence-electron chi connectivity index (χ2n) is 6.42. The molecule has 1 aliphatic heterocycles. The molecule has 1 aromatic rings. The van der Waals surface area contributed by atoms with Crippen LogP contribution in [0.3, 0.4) is 0 Å². The fourth-order valence-electron chi connectivity index (χ4n) is 3.08. The van der Waals surface area contributed by atoms with Crippen molar-refractivity contribution in [2.24, 2.45) is 4.99 Å². The molecule has 1 fully saturated rings. The van der Waals surface area contributed by atoms with Crippen LogP contribution in [-0.4, -0.2) is 57.4 Å². The van der Waals surface area contributed by atoms with Gasteiger partial charge in [0.25, 0.3) is 0 Å². The predicted molar refractivity (Wildman–Crippen MR) is 123 cm³/mol. The van der Waals surface area contributed by atoms with Gasteiger partial charge >= 0.3 is 0 Å². The molecule has 148 valence electrons. The van der Waals surface area contributed by atoms with E-state index in [1.165, 1.54) is 11.1 Å². The number of aryl methyl sites for hydroxylation is 1. The lowest BCUT2D eigenvalue weighted by atomic mass is 9.99. The van der Waals surface area contributed by atoms with Gasteiger partial charge in [0.2, 0.25) is 0 Å². The third-order valence-electron chi connectivity index (χ3n) is 4.76. The van der Waals surface area contributed by atoms with Gasteiger partial charge in [0.15, 0.2) is 5.96 Å². The fourth-order valence-corrected chi connectivity index (χ4v) is 3.87. The maximum Gasteiger partial charge on any atom is 0.191 e. The highest BCUT2D eigenvalue weighted by atomic mass is 127. The molecule has 1 aromatic carbocycles. The summed E-state index contributed by atoms with van der Waals surface area (Å²) in [7, 11) is 3.54. The normalized spacial score (nSPS) is 16.5. The van der Waals surface area contributed by atoms with Crippen molar-refractivity contribution in [1.82, 2.24) is 10.6 Å². The number of guanidine groups is 1. The van der Waals surface area contributed by atoms with Crippen molar-refractivity contribution in [3.05, 3.63) is 29.3 Å². The average molecular weight is 493 g/mol. The lowest BCUT2D eigenvalue weighted by molar-refractivity contribution is 0.0783. The Kier molecular flexibility index (Phi) is 10.7. The largest absolute Gasteiger partial charge is 0.496 e. The second kappa shape index (κ2) is 11.9. The van der Waals surface area contributed by atoms with Crippen molar-refractivity contribution in [1.29, 1.82) is 0 Å². The Hall–Kier alpha value is -0.670. The number of benzene rings is 1. The highest BCUT2D eigenvalue weighted by Crippen LogP contribution is 2.32. The molecule has 1 heterocycles. The maximum atomic E-state index is 5.51. The Morgan fingerprint density at radius 3 is 2.65 bits per heavy atom. The first-order chi connectivity index (χ1) is 12.1. The van der Waals surface area contributed by atoms with E-state index in [4.69, 9.17) is 9.47 Å². The molecule has 1 saturated heterocycles. The number of thioether (sulfide) groups is 1. The van der Waals surface area contributed by atoms with E-state index in [9.17, 15) is 0 Å². The average Bonchev–Trinajstić information content (AvgIpc) is 2.65. The minimum Gasteiger partial charge on any atom is -0.496 e. The van der Waals surface area contributed by atoms with Crippen molar-refractivity contribution in [2.75, 3.05) is 46.7 Å². The zero-order valence-electron chi connectivity index (χ0n) is 16.3. The Labute approximate surface area is 179 Å². The molecule has 0 bridgehead atoms. The number of ether oxygens (including phenoxy) is 2. The zero-order chi connectivity index (χ0) is 18.1. The van der Waals surface area contributed by atoms with E-state index < -0.39 is 0 Å². The molecule has 2 N–H and O–H groups in total. The summed E-state index contributed by atoms with van der Waals surface area (Å²) >= 11 is 1.93. The lowest BCUT2D eigenvalue weighted by Crippen LogP contribution is -2.48. The van der Waals surface area contributed by atoms with Crippen LogP contribution >= 0.6 is 35.7 Å². The smallest absolute Gasteiger partial charge is 0.191 e. The summed E-state index contributed by atoms with van der Waals surface area (Å²) in [4.78, 5) is 4.35. The van der Waals surface area contributed by atoms with Crippen molar-refractivity contribution in [3.63, 3.8) is 0 Å². The lowest BCUT2D eigenvalue weighted by Gasteiger charge is -2.36. The van der Waals surface area contributed by atoms with Gasteiger partial charge < -0.3 is 20.1 Å². The van der Waals surface area contributed by atoms with Crippen molar-refractivity contribution >= 4 is 41.7 Å². The monoisotopic (exact) mass is 493 g/mol. The number of nitrogens with one attached hydrogen (secondary N) is 2. The molecule has 0 aromatic heterocycles. The van der Waals surface area contributed by atoms with Crippen LogP contribution in [0.15, 0.2) is 23.2 Å². The second-order valence-corrected chi connectivity index (χ2v) is 7.69. The number of hydrogen-bond acceptors (Lipinski definition) is 4. The zero-order valence-corrected chi connectivity index (χ0v) is 19.4. The molecule has 26 heavy (non-hydrogen) atoms. The van der Waals surface area contributed by atoms with Gasteiger partial charge in [0.05, 0.1) is 7.11 Å². The van der Waals surface area contributed by atoms with E-state index >= 15 is 0 Å². The summed E-state index contributed by atoms with van der Waals surface area (Å²) in [5.41, 5.74) is 2.47. The van der Waals surface area contributed by atoms with Crippen molar-refractivity contribution in [2.45, 2.75) is 30.9 Å². The first-order valence-electron chi connectivity index (χ1n) is 8.83. The minimum atomic E-state index is 0. The molecule has 0 atom stereocenters. The van der Waals surface area contributed by atoms with Crippen LogP contribution in [0, 0.1) is 6.92 Å². The summed E-state index contributed by atoms with van der Waals surface area (Å²) in [6.07, 6.45) is 5.25. The summed E-state index contributed by atoms with van der Waals surface area (Å²) in [6.45, 7) is 5.52. The third kappa shape index (κ3) is 6.81. The number of nitrogens with zero attached hydrogens (tertiary/aromatic N) is 1. The molecule has 5 nitrogen and oxygen atoms in total. The third-order valence-corrected chi connectivity index (χ3v) is 6.18. The standard InChI is InChI=1S/C19H31N3O2S.HI/c1-15-5-6-17(23-3)16(13-15)7-10-21-18(20-2)22-14-19(25-4)8-11-24-12-9-19;/h5-6,13H,7-12,14H2,1-4H3,(H2,20,21,22);1H. The number of methoxy groups -OCH3 is 1. The van der Waals surface area contributed by atoms with Gasteiger partial charge in [-0.2, -0.15) is 11.8 Å². The van der Waals surface area contributed by atoms with E-state index in [-0.39, 0.29) is 28.7 Å². The van der Waals surface area contributed by atoms with Gasteiger partial charge in [-0.05, 0) is 44.1 Å². The predicted octanol–water partition coefficient (Wildman–Crippen LogP) is 3.24. The Morgan fingerprint density at radius 2 is 2.04 bits per heavy atom. The maximum absolute atomic E-state index is 5.51. The summed E-state index contributed by atoms with van der Waals surface area (Å²) in [6, 6.07) is 6.29. The number of rotatable bonds is 7. The first kappa shape index (κ1) is 23.4. The Morgan fingerprint density at radius 1 is 1.31 bits per heavy atom. The number of aliphatic imine (C=N–C) groups is 1. The van der Waals surface area contributed by atoms with Crippen LogP contribution in [0.1, 0.15) is 24.0 Å². The SMILES string of the molecule is CN=C(NCCc1cc(C)ccc1OC)NCC1(SC)CCOCC1.I. The molecule has 0 aliphatic carbocycles. The van der Waals surface area contributed by atoms with Gasteiger partial charge in [-0.15, -0.1) is 24.0 Å². The van der Waals surface area contributed by atoms with Crippen LogP contribution < -0.4 is 15.4 Å². The number of halogens is 1. The van der Waals surface area contributed by atoms with Crippen LogP contribution in [0.5, 0.6) is 5.75 Å². The van der Waals surface area contributed by atoms with Crippen LogP contribution in [0.2, 0.25) is 0 Å². The van der Waals surface area contributed by atoms with E-state index in [1.54, 1.807) is 7.11 Å². The Balaban J connectivity index is 0.00000338. The summed E-state index contributed by atoms with van der Waals surface area (Å²) in [5.74, 6) is 1.80. The molecule has 0 radical (unpaired) electrons. The highest BCUT2D eigenvalue weighted by Gasteiger charge is 2.31. The molecule has 2 rings (SSSR count). The molecular formula is C19H32IN3O2S. The van der Waals surface area contributed by atoms with E-state index in [1.807, 2.05) is 24.9 Å². The number of hydrogen-bond donors (Lipinski definition) is 2. The van der Waals surface area contributed by atoms with Gasteiger partial charge in [0.1, 0.15) is 5.75 Å². The highest BCUT2D eigenvalue weighted by molar-refractivity contribution is 14.0. The van der Waals surface area contributed by atoms with Gasteiger partial charge in [0, 0.05) is 38.1 Å². The van der Waals surface area contributed by atoms with E-state index in [2.05, 4.69) is 40.9 Å². The van der Waals surface area contributed by atoms with Gasteiger partial charge in [-0.1, -0.05) is 17.7 Å². The van der Waals surface area contributed by atoms with Crippen LogP contribution in [0.4, 0.5) is 0 Å². The Bertz CT molecular complexity index is 578. The minimum absolute atomic E-state index is 0. The molecular weight excluding hydrogens is 461 g/mol. The molecule has 0 saturated carbocycles. The quantitative estimate of drug-likeness (QED) is 0.347. The topological polar surface area (TPSA) is 54.9 Å². The first-order valence-corrected chi connectivity index (χ1v) is 10.1. The van der Waals surface area contributed by atoms with Crippen molar-refractivity contribution < 1.29 is 9.47 Å². The molecule has 0 amide bonds. The molecule has 0 spiro atoms. The summed E-state index contributed by atoms with van der Waals surface area (Å²) < 4.78 is 11.2. The van der Waals surface area contributed by atoms with Crippen molar-refractivity contribution in [3.8, 4) is 5.75 Å².